The van der Waals surface area contributed by atoms with E-state index >= 15 is 0 Å². The van der Waals surface area contributed by atoms with Gasteiger partial charge in [0.25, 0.3) is 0 Å². The van der Waals surface area contributed by atoms with Crippen molar-refractivity contribution in [2.24, 2.45) is 4.99 Å². The average molecular weight is 483 g/mol. The van der Waals surface area contributed by atoms with Crippen molar-refractivity contribution in [2.75, 3.05) is 13.1 Å². The second kappa shape index (κ2) is 11.8. The van der Waals surface area contributed by atoms with Gasteiger partial charge >= 0.3 is 0 Å². The molecule has 0 atom stereocenters. The van der Waals surface area contributed by atoms with Crippen LogP contribution in [-0.4, -0.2) is 34.7 Å². The van der Waals surface area contributed by atoms with Crippen LogP contribution in [0.4, 0.5) is 0 Å². The minimum Gasteiger partial charge on any atom is -0.474 e. The topological polar surface area (TPSA) is 63.5 Å². The van der Waals surface area contributed by atoms with Crippen LogP contribution in [-0.2, 0) is 13.1 Å². The van der Waals surface area contributed by atoms with Gasteiger partial charge in [0.05, 0.1) is 6.54 Å². The zero-order valence-electron chi connectivity index (χ0n) is 15.9. The highest BCUT2D eigenvalue weighted by Gasteiger charge is 2.16. The summed E-state index contributed by atoms with van der Waals surface area (Å²) in [6.07, 6.45) is 11.2. The van der Waals surface area contributed by atoms with Crippen LogP contribution in [0.1, 0.15) is 38.2 Å². The van der Waals surface area contributed by atoms with Gasteiger partial charge in [0.2, 0.25) is 5.88 Å². The molecule has 1 fully saturated rings. The number of ether oxygens (including phenoxy) is 1. The first-order chi connectivity index (χ1) is 12.8. The second-order valence-electron chi connectivity index (χ2n) is 6.57. The van der Waals surface area contributed by atoms with Gasteiger partial charge in [-0.1, -0.05) is 6.07 Å². The Balaban J connectivity index is 0.00000261. The molecule has 0 saturated heterocycles. The molecule has 2 aromatic heterocycles. The molecule has 7 heteroatoms. The summed E-state index contributed by atoms with van der Waals surface area (Å²) in [7, 11) is 0. The molecule has 3 rings (SSSR count). The van der Waals surface area contributed by atoms with Gasteiger partial charge in [-0.3, -0.25) is 0 Å². The van der Waals surface area contributed by atoms with Crippen molar-refractivity contribution in [2.45, 2.75) is 51.8 Å². The van der Waals surface area contributed by atoms with Crippen molar-refractivity contribution < 1.29 is 4.74 Å². The molecular weight excluding hydrogens is 453 g/mol. The fraction of sp³-hybridized carbons (Fsp3) is 0.500. The summed E-state index contributed by atoms with van der Waals surface area (Å²) in [5.74, 6) is 1.55. The number of nitrogens with one attached hydrogen (secondary N) is 2. The third kappa shape index (κ3) is 7.40. The maximum atomic E-state index is 5.91. The van der Waals surface area contributed by atoms with Crippen LogP contribution in [0.15, 0.2) is 47.8 Å². The van der Waals surface area contributed by atoms with Crippen LogP contribution in [0, 0.1) is 0 Å². The predicted molar refractivity (Wildman–Crippen MR) is 120 cm³/mol. The summed E-state index contributed by atoms with van der Waals surface area (Å²) >= 11 is 0. The third-order valence-electron chi connectivity index (χ3n) is 4.48. The average Bonchev–Trinajstić information content (AvgIpc) is 3.35. The van der Waals surface area contributed by atoms with Crippen molar-refractivity contribution in [3.8, 4) is 5.88 Å². The van der Waals surface area contributed by atoms with E-state index in [2.05, 4.69) is 44.5 Å². The SMILES string of the molecule is CCNC(=NCc1ccc(OC2CCCC2)nc1)NCCn1cccc1.I. The van der Waals surface area contributed by atoms with Gasteiger partial charge in [-0.2, -0.15) is 0 Å². The first-order valence-corrected chi connectivity index (χ1v) is 9.58. The van der Waals surface area contributed by atoms with Crippen molar-refractivity contribution in [1.29, 1.82) is 0 Å². The molecule has 0 amide bonds. The molecule has 6 nitrogen and oxygen atoms in total. The summed E-state index contributed by atoms with van der Waals surface area (Å²) in [5, 5.41) is 6.64. The van der Waals surface area contributed by atoms with Crippen LogP contribution in [0.5, 0.6) is 5.88 Å². The molecule has 0 unspecified atom stereocenters. The van der Waals surface area contributed by atoms with Crippen molar-refractivity contribution in [3.63, 3.8) is 0 Å². The van der Waals surface area contributed by atoms with E-state index in [1.807, 2.05) is 30.5 Å². The number of hydrogen-bond donors (Lipinski definition) is 2. The number of hydrogen-bond acceptors (Lipinski definition) is 3. The van der Waals surface area contributed by atoms with Crippen LogP contribution < -0.4 is 15.4 Å². The quantitative estimate of drug-likeness (QED) is 0.343. The molecule has 1 aliphatic carbocycles. The number of rotatable bonds is 8. The van der Waals surface area contributed by atoms with Crippen molar-refractivity contribution >= 4 is 29.9 Å². The lowest BCUT2D eigenvalue weighted by Gasteiger charge is -2.13. The molecule has 0 bridgehead atoms. The Morgan fingerprint density at radius 2 is 2.00 bits per heavy atom. The normalized spacial score (nSPS) is 14.6. The zero-order chi connectivity index (χ0) is 18.0. The number of pyridine rings is 1. The highest BCUT2D eigenvalue weighted by atomic mass is 127. The van der Waals surface area contributed by atoms with E-state index < -0.39 is 0 Å². The monoisotopic (exact) mass is 483 g/mol. The Hall–Kier alpha value is -1.77. The number of nitrogens with zero attached hydrogens (tertiary/aromatic N) is 3. The Morgan fingerprint density at radius 3 is 2.67 bits per heavy atom. The Labute approximate surface area is 178 Å². The molecule has 1 aliphatic rings. The van der Waals surface area contributed by atoms with Gasteiger partial charge in [-0.05, 0) is 50.3 Å². The Morgan fingerprint density at radius 1 is 1.22 bits per heavy atom. The largest absolute Gasteiger partial charge is 0.474 e. The molecule has 27 heavy (non-hydrogen) atoms. The van der Waals surface area contributed by atoms with Gasteiger partial charge in [-0.15, -0.1) is 24.0 Å². The molecule has 0 aliphatic heterocycles. The molecule has 0 aromatic carbocycles. The number of aromatic nitrogens is 2. The van der Waals surface area contributed by atoms with Gasteiger partial charge < -0.3 is 19.9 Å². The molecule has 2 aromatic rings. The number of guanidine groups is 1. The summed E-state index contributed by atoms with van der Waals surface area (Å²) in [6.45, 7) is 5.23. The lowest BCUT2D eigenvalue weighted by Crippen LogP contribution is -2.38. The third-order valence-corrected chi connectivity index (χ3v) is 4.48. The molecule has 148 valence electrons. The standard InChI is InChI=1S/C20H29N5O.HI/c1-2-21-20(22-11-14-25-12-5-6-13-25)24-16-17-9-10-19(23-15-17)26-18-7-3-4-8-18;/h5-6,9-10,12-13,15,18H,2-4,7-8,11,14,16H2,1H3,(H2,21,22,24);1H. The van der Waals surface area contributed by atoms with Crippen LogP contribution in [0.3, 0.4) is 0 Å². The lowest BCUT2D eigenvalue weighted by atomic mass is 10.3. The Kier molecular flexibility index (Phi) is 9.44. The molecular formula is C20H30IN5O. The molecule has 2 N–H and O–H groups in total. The van der Waals surface area contributed by atoms with Gasteiger partial charge in [-0.25, -0.2) is 9.98 Å². The number of aliphatic imine (C=N–C) groups is 1. The highest BCUT2D eigenvalue weighted by molar-refractivity contribution is 14.0. The summed E-state index contributed by atoms with van der Waals surface area (Å²) in [6, 6.07) is 8.07. The van der Waals surface area contributed by atoms with E-state index in [9.17, 15) is 0 Å². The highest BCUT2D eigenvalue weighted by Crippen LogP contribution is 2.22. The Bertz CT molecular complexity index is 666. The van der Waals surface area contributed by atoms with Crippen LogP contribution in [0.2, 0.25) is 0 Å². The minimum absolute atomic E-state index is 0. The summed E-state index contributed by atoms with van der Waals surface area (Å²) < 4.78 is 8.05. The van der Waals surface area contributed by atoms with Gasteiger partial charge in [0, 0.05) is 44.3 Å². The van der Waals surface area contributed by atoms with Crippen LogP contribution >= 0.6 is 24.0 Å². The summed E-state index contributed by atoms with van der Waals surface area (Å²) in [4.78, 5) is 9.07. The van der Waals surface area contributed by atoms with E-state index in [1.165, 1.54) is 12.8 Å². The summed E-state index contributed by atoms with van der Waals surface area (Å²) in [5.41, 5.74) is 1.08. The first-order valence-electron chi connectivity index (χ1n) is 9.58. The van der Waals surface area contributed by atoms with Crippen molar-refractivity contribution in [3.05, 3.63) is 48.4 Å². The zero-order valence-corrected chi connectivity index (χ0v) is 18.3. The van der Waals surface area contributed by atoms with Crippen LogP contribution in [0.25, 0.3) is 0 Å². The second-order valence-corrected chi connectivity index (χ2v) is 6.57. The lowest BCUT2D eigenvalue weighted by molar-refractivity contribution is 0.201. The van der Waals surface area contributed by atoms with E-state index in [0.717, 1.165) is 49.9 Å². The van der Waals surface area contributed by atoms with Gasteiger partial charge in [0.15, 0.2) is 5.96 Å². The first kappa shape index (κ1) is 21.5. The maximum Gasteiger partial charge on any atom is 0.213 e. The smallest absolute Gasteiger partial charge is 0.213 e. The number of halogens is 1. The minimum atomic E-state index is 0. The molecule has 1 saturated carbocycles. The fourth-order valence-electron chi connectivity index (χ4n) is 3.09. The predicted octanol–water partition coefficient (Wildman–Crippen LogP) is 3.58. The molecule has 0 spiro atoms. The van der Waals surface area contributed by atoms with E-state index in [4.69, 9.17) is 4.74 Å². The van der Waals surface area contributed by atoms with E-state index in [-0.39, 0.29) is 24.0 Å². The van der Waals surface area contributed by atoms with Crippen molar-refractivity contribution in [1.82, 2.24) is 20.2 Å². The molecule has 0 radical (unpaired) electrons. The molecule has 2 heterocycles. The maximum absolute atomic E-state index is 5.91. The van der Waals surface area contributed by atoms with E-state index in [0.29, 0.717) is 12.6 Å². The van der Waals surface area contributed by atoms with Gasteiger partial charge in [0.1, 0.15) is 6.10 Å². The fourth-order valence-corrected chi connectivity index (χ4v) is 3.09. The van der Waals surface area contributed by atoms with E-state index in [1.54, 1.807) is 0 Å².